The third-order valence-corrected chi connectivity index (χ3v) is 15.7. The molecule has 1 aromatic heterocycles. The van der Waals surface area contributed by atoms with Crippen LogP contribution >= 0.6 is 0 Å². The Hall–Kier alpha value is -3.62. The van der Waals surface area contributed by atoms with Gasteiger partial charge in [-0.2, -0.15) is 0 Å². The average Bonchev–Trinajstić information content (AvgIpc) is 3.50. The monoisotopic (exact) mass is 654 g/mol. The van der Waals surface area contributed by atoms with E-state index in [0.717, 1.165) is 66.5 Å². The Balaban J connectivity index is 1.17. The maximum atomic E-state index is 11.3. The molecule has 1 amide bonds. The molecule has 47 heavy (non-hydrogen) atoms. The molecule has 2 heterocycles. The molecule has 7 nitrogen and oxygen atoms in total. The highest BCUT2D eigenvalue weighted by Gasteiger charge is 2.52. The Labute approximate surface area is 280 Å². The number of carboxylic acid groups (broad SMARTS) is 1. The fraction of sp³-hybridized carbons (Fsp3) is 0.487. The van der Waals surface area contributed by atoms with Crippen LogP contribution in [-0.4, -0.2) is 55.4 Å². The van der Waals surface area contributed by atoms with Gasteiger partial charge in [0.15, 0.2) is 5.58 Å². The van der Waals surface area contributed by atoms with Crippen molar-refractivity contribution in [2.75, 3.05) is 19.7 Å². The molecule has 250 valence electrons. The maximum absolute atomic E-state index is 11.3. The molecule has 2 fully saturated rings. The zero-order valence-corrected chi connectivity index (χ0v) is 29.4. The van der Waals surface area contributed by atoms with Crippen molar-refractivity contribution >= 4 is 35.8 Å². The van der Waals surface area contributed by atoms with Gasteiger partial charge in [-0.3, -0.25) is 0 Å². The second-order valence-electron chi connectivity index (χ2n) is 14.6. The summed E-state index contributed by atoms with van der Waals surface area (Å²) in [6.07, 6.45) is 7.40. The van der Waals surface area contributed by atoms with Crippen LogP contribution in [0.25, 0.3) is 11.0 Å². The Morgan fingerprint density at radius 1 is 0.936 bits per heavy atom. The summed E-state index contributed by atoms with van der Waals surface area (Å²) in [5.41, 5.74) is 2.75. The molecule has 1 saturated heterocycles. The minimum Gasteiger partial charge on any atom is -0.493 e. The van der Waals surface area contributed by atoms with Gasteiger partial charge < -0.3 is 23.7 Å². The number of fused-ring (bicyclic) bond motifs is 1. The van der Waals surface area contributed by atoms with E-state index in [0.29, 0.717) is 31.5 Å². The van der Waals surface area contributed by atoms with Crippen molar-refractivity contribution in [2.45, 2.75) is 90.2 Å². The van der Waals surface area contributed by atoms with E-state index >= 15 is 0 Å². The molecule has 6 rings (SSSR count). The summed E-state index contributed by atoms with van der Waals surface area (Å²) in [7, 11) is -2.67. The Morgan fingerprint density at radius 2 is 1.57 bits per heavy atom. The van der Waals surface area contributed by atoms with E-state index in [4.69, 9.17) is 13.7 Å². The van der Waals surface area contributed by atoms with Gasteiger partial charge in [-0.05, 0) is 78.9 Å². The second-order valence-corrected chi connectivity index (χ2v) is 18.9. The van der Waals surface area contributed by atoms with Crippen molar-refractivity contribution in [2.24, 2.45) is 11.8 Å². The van der Waals surface area contributed by atoms with Crippen molar-refractivity contribution in [3.8, 4) is 5.75 Å². The van der Waals surface area contributed by atoms with Gasteiger partial charge in [-0.15, -0.1) is 0 Å². The fourth-order valence-corrected chi connectivity index (χ4v) is 12.7. The van der Waals surface area contributed by atoms with Crippen molar-refractivity contribution in [3.05, 3.63) is 84.1 Å². The molecule has 1 aliphatic heterocycles. The molecule has 2 unspecified atom stereocenters. The largest absolute Gasteiger partial charge is 0.493 e. The maximum Gasteiger partial charge on any atom is 0.407 e. The second kappa shape index (κ2) is 14.2. The van der Waals surface area contributed by atoms with E-state index in [1.807, 2.05) is 0 Å². The predicted molar refractivity (Wildman–Crippen MR) is 189 cm³/mol. The quantitative estimate of drug-likeness (QED) is 0.175. The molecule has 1 N–H and O–H groups in total. The van der Waals surface area contributed by atoms with Gasteiger partial charge >= 0.3 is 6.09 Å². The third-order valence-electron chi connectivity index (χ3n) is 10.6. The van der Waals surface area contributed by atoms with Crippen LogP contribution in [0.5, 0.6) is 5.75 Å². The number of rotatable bonds is 10. The van der Waals surface area contributed by atoms with Crippen LogP contribution in [0.1, 0.15) is 77.0 Å². The minimum absolute atomic E-state index is 0.0695. The van der Waals surface area contributed by atoms with Crippen LogP contribution in [0, 0.1) is 18.8 Å². The standard InChI is InChI=1S/C39H50N2O5Si/c1-28-35(22-20-33-34(40-45-37(28)33)21-19-29-23-25-41(26-24-29)38(42)43)44-27-30-13-11-12-18-36(30)46-47(39(2,3)4,31-14-7-5-8-15-31)32-16-9-6-10-17-32/h5-10,14-17,20,22,29-30,36H,11-13,18-19,21,23-27H2,1-4H3,(H,42,43). The number of nitrogens with zero attached hydrogens (tertiary/aromatic N) is 2. The van der Waals surface area contributed by atoms with Gasteiger partial charge in [0, 0.05) is 30.0 Å². The highest BCUT2D eigenvalue weighted by Crippen LogP contribution is 2.41. The number of amides is 1. The van der Waals surface area contributed by atoms with E-state index < -0.39 is 14.4 Å². The number of likely N-dealkylation sites (tertiary alicyclic amines) is 1. The summed E-state index contributed by atoms with van der Waals surface area (Å²) in [6.45, 7) is 10.9. The summed E-state index contributed by atoms with van der Waals surface area (Å²) in [4.78, 5) is 12.8. The summed E-state index contributed by atoms with van der Waals surface area (Å²) in [5, 5.41) is 17.3. The molecule has 2 atom stereocenters. The van der Waals surface area contributed by atoms with Crippen LogP contribution < -0.4 is 15.1 Å². The lowest BCUT2D eigenvalue weighted by Gasteiger charge is -2.47. The molecule has 2 aliphatic rings. The Morgan fingerprint density at radius 3 is 2.19 bits per heavy atom. The molecule has 4 aromatic rings. The molecule has 1 saturated carbocycles. The van der Waals surface area contributed by atoms with Crippen molar-refractivity contribution in [3.63, 3.8) is 0 Å². The summed E-state index contributed by atoms with van der Waals surface area (Å²) >= 11 is 0. The molecular formula is C39H50N2O5Si. The fourth-order valence-electron chi connectivity index (χ4n) is 7.89. The number of benzene rings is 3. The summed E-state index contributed by atoms with van der Waals surface area (Å²) in [5.74, 6) is 1.64. The minimum atomic E-state index is -2.67. The van der Waals surface area contributed by atoms with Gasteiger partial charge in [0.2, 0.25) is 0 Å². The Bertz CT molecular complexity index is 1590. The van der Waals surface area contributed by atoms with E-state index in [-0.39, 0.29) is 11.1 Å². The predicted octanol–water partition coefficient (Wildman–Crippen LogP) is 7.97. The normalized spacial score (nSPS) is 19.6. The smallest absolute Gasteiger partial charge is 0.407 e. The van der Waals surface area contributed by atoms with Gasteiger partial charge in [-0.25, -0.2) is 4.79 Å². The lowest BCUT2D eigenvalue weighted by molar-refractivity contribution is 0.0534. The SMILES string of the molecule is Cc1c(OCC2CCCCC2O[Si](c2ccccc2)(c2ccccc2)C(C)(C)C)ccc2c(CCC3CCN(C(=O)O)CC3)noc12. The highest BCUT2D eigenvalue weighted by atomic mass is 28.4. The first-order valence-electron chi connectivity index (χ1n) is 17.4. The number of ether oxygens (including phenoxy) is 1. The number of piperidine rings is 1. The van der Waals surface area contributed by atoms with E-state index in [1.54, 1.807) is 0 Å². The lowest BCUT2D eigenvalue weighted by Crippen LogP contribution is -2.68. The Kier molecular flexibility index (Phi) is 10.1. The van der Waals surface area contributed by atoms with Crippen LogP contribution in [-0.2, 0) is 10.8 Å². The van der Waals surface area contributed by atoms with Crippen LogP contribution in [0.3, 0.4) is 0 Å². The average molecular weight is 655 g/mol. The molecule has 0 bridgehead atoms. The van der Waals surface area contributed by atoms with Gasteiger partial charge in [0.25, 0.3) is 8.32 Å². The van der Waals surface area contributed by atoms with Crippen LogP contribution in [0.15, 0.2) is 77.3 Å². The zero-order valence-electron chi connectivity index (χ0n) is 28.4. The van der Waals surface area contributed by atoms with Gasteiger partial charge in [0.05, 0.1) is 18.4 Å². The molecular weight excluding hydrogens is 605 g/mol. The molecule has 1 aliphatic carbocycles. The number of carbonyl (C=O) groups is 1. The topological polar surface area (TPSA) is 85.0 Å². The van der Waals surface area contributed by atoms with Crippen molar-refractivity contribution in [1.82, 2.24) is 10.1 Å². The first kappa shape index (κ1) is 33.3. The van der Waals surface area contributed by atoms with E-state index in [2.05, 4.69) is 106 Å². The third kappa shape index (κ3) is 7.00. The summed E-state index contributed by atoms with van der Waals surface area (Å²) < 4.78 is 20.1. The van der Waals surface area contributed by atoms with E-state index in [1.165, 1.54) is 28.1 Å². The highest BCUT2D eigenvalue weighted by molar-refractivity contribution is 6.99. The molecule has 8 heteroatoms. The number of aryl methyl sites for hydroxylation is 2. The van der Waals surface area contributed by atoms with Gasteiger partial charge in [0.1, 0.15) is 5.75 Å². The number of aromatic nitrogens is 1. The van der Waals surface area contributed by atoms with Gasteiger partial charge in [-0.1, -0.05) is 99.4 Å². The number of hydrogen-bond acceptors (Lipinski definition) is 5. The van der Waals surface area contributed by atoms with Crippen molar-refractivity contribution in [1.29, 1.82) is 0 Å². The van der Waals surface area contributed by atoms with Crippen LogP contribution in [0.4, 0.5) is 4.79 Å². The molecule has 3 aromatic carbocycles. The van der Waals surface area contributed by atoms with E-state index in [9.17, 15) is 9.90 Å². The molecule has 0 spiro atoms. The molecule has 0 radical (unpaired) electrons. The van der Waals surface area contributed by atoms with Crippen LogP contribution in [0.2, 0.25) is 5.04 Å². The number of hydrogen-bond donors (Lipinski definition) is 1. The first-order valence-corrected chi connectivity index (χ1v) is 19.4. The van der Waals surface area contributed by atoms with Crippen molar-refractivity contribution < 1.29 is 23.6 Å². The lowest BCUT2D eigenvalue weighted by atomic mass is 9.87. The zero-order chi connectivity index (χ0) is 33.0. The summed E-state index contributed by atoms with van der Waals surface area (Å²) in [6, 6.07) is 26.0. The first-order chi connectivity index (χ1) is 22.7.